The standard InChI is InChI=1S/C15H29FN2O4/c1-5-6-7-12(13(19)20)18(10-8-16)11-9-17-14(21)22-15(2,3)4/h12H,5-11H2,1-4H3,(H,17,21)(H,19,20). The molecule has 22 heavy (non-hydrogen) atoms. The fourth-order valence-electron chi connectivity index (χ4n) is 2.01. The lowest BCUT2D eigenvalue weighted by Crippen LogP contribution is -2.46. The number of hydrogen-bond acceptors (Lipinski definition) is 4. The van der Waals surface area contributed by atoms with Crippen LogP contribution in [0.1, 0.15) is 47.0 Å². The van der Waals surface area contributed by atoms with E-state index in [4.69, 9.17) is 4.74 Å². The lowest BCUT2D eigenvalue weighted by Gasteiger charge is -2.28. The van der Waals surface area contributed by atoms with Gasteiger partial charge in [-0.1, -0.05) is 19.8 Å². The first-order chi connectivity index (χ1) is 10.2. The molecule has 1 atom stereocenters. The maximum Gasteiger partial charge on any atom is 0.407 e. The zero-order valence-electron chi connectivity index (χ0n) is 14.0. The van der Waals surface area contributed by atoms with Crippen LogP contribution in [-0.2, 0) is 9.53 Å². The second-order valence-corrected chi connectivity index (χ2v) is 6.15. The zero-order valence-corrected chi connectivity index (χ0v) is 14.0. The molecule has 0 spiro atoms. The van der Waals surface area contributed by atoms with E-state index in [2.05, 4.69) is 5.32 Å². The van der Waals surface area contributed by atoms with Crippen LogP contribution in [0.3, 0.4) is 0 Å². The summed E-state index contributed by atoms with van der Waals surface area (Å²) in [5.41, 5.74) is -0.590. The Kier molecular flexibility index (Phi) is 9.73. The van der Waals surface area contributed by atoms with Crippen molar-refractivity contribution in [2.45, 2.75) is 58.6 Å². The number of rotatable bonds is 10. The number of halogens is 1. The second-order valence-electron chi connectivity index (χ2n) is 6.15. The number of carbonyl (C=O) groups is 2. The number of alkyl halides is 1. The fraction of sp³-hybridized carbons (Fsp3) is 0.867. The SMILES string of the molecule is CCCCC(C(=O)O)N(CCF)CCNC(=O)OC(C)(C)C. The Bertz CT molecular complexity index is 345. The molecule has 0 aromatic rings. The number of aliphatic carboxylic acids is 1. The van der Waals surface area contributed by atoms with Gasteiger partial charge in [-0.2, -0.15) is 0 Å². The van der Waals surface area contributed by atoms with Gasteiger partial charge in [0.15, 0.2) is 0 Å². The highest BCUT2D eigenvalue weighted by atomic mass is 19.1. The van der Waals surface area contributed by atoms with Crippen LogP contribution in [0.4, 0.5) is 9.18 Å². The molecule has 0 aromatic heterocycles. The molecule has 7 heteroatoms. The molecular formula is C15H29FN2O4. The number of nitrogens with one attached hydrogen (secondary N) is 1. The van der Waals surface area contributed by atoms with Gasteiger partial charge in [-0.25, -0.2) is 9.18 Å². The Hall–Kier alpha value is -1.37. The predicted octanol–water partition coefficient (Wildman–Crippen LogP) is 2.43. The van der Waals surface area contributed by atoms with E-state index in [9.17, 15) is 19.1 Å². The lowest BCUT2D eigenvalue weighted by molar-refractivity contribution is -0.143. The summed E-state index contributed by atoms with van der Waals surface area (Å²) in [6, 6.07) is -0.726. The Labute approximate surface area is 132 Å². The van der Waals surface area contributed by atoms with Crippen LogP contribution in [0.25, 0.3) is 0 Å². The Balaban J connectivity index is 4.43. The third kappa shape index (κ3) is 9.55. The minimum atomic E-state index is -0.959. The topological polar surface area (TPSA) is 78.9 Å². The van der Waals surface area contributed by atoms with Gasteiger partial charge in [0.2, 0.25) is 0 Å². The van der Waals surface area contributed by atoms with E-state index in [-0.39, 0.29) is 19.6 Å². The minimum absolute atomic E-state index is 0.0384. The van der Waals surface area contributed by atoms with Crippen molar-refractivity contribution in [1.29, 1.82) is 0 Å². The molecular weight excluding hydrogens is 291 g/mol. The van der Waals surface area contributed by atoms with E-state index in [1.54, 1.807) is 25.7 Å². The van der Waals surface area contributed by atoms with Crippen LogP contribution in [0, 0.1) is 0 Å². The number of hydrogen-bond donors (Lipinski definition) is 2. The molecule has 1 amide bonds. The Morgan fingerprint density at radius 1 is 1.32 bits per heavy atom. The first-order valence-corrected chi connectivity index (χ1v) is 7.71. The molecule has 0 heterocycles. The lowest BCUT2D eigenvalue weighted by atomic mass is 10.1. The monoisotopic (exact) mass is 320 g/mol. The van der Waals surface area contributed by atoms with Crippen molar-refractivity contribution >= 4 is 12.1 Å². The van der Waals surface area contributed by atoms with Crippen molar-refractivity contribution in [2.24, 2.45) is 0 Å². The first kappa shape index (κ1) is 20.6. The van der Waals surface area contributed by atoms with Gasteiger partial charge in [0, 0.05) is 19.6 Å². The van der Waals surface area contributed by atoms with Crippen LogP contribution in [0.15, 0.2) is 0 Å². The van der Waals surface area contributed by atoms with E-state index in [1.807, 2.05) is 6.92 Å². The molecule has 0 aromatic carbocycles. The number of alkyl carbamates (subject to hydrolysis) is 1. The third-order valence-corrected chi connectivity index (χ3v) is 3.00. The molecule has 6 nitrogen and oxygen atoms in total. The van der Waals surface area contributed by atoms with Gasteiger partial charge in [-0.15, -0.1) is 0 Å². The molecule has 0 aliphatic rings. The summed E-state index contributed by atoms with van der Waals surface area (Å²) in [4.78, 5) is 24.4. The molecule has 0 fully saturated rings. The molecule has 0 saturated carbocycles. The highest BCUT2D eigenvalue weighted by Crippen LogP contribution is 2.10. The van der Waals surface area contributed by atoms with Gasteiger partial charge in [0.25, 0.3) is 0 Å². The van der Waals surface area contributed by atoms with Crippen molar-refractivity contribution in [2.75, 3.05) is 26.3 Å². The average Bonchev–Trinajstić information content (AvgIpc) is 2.36. The van der Waals surface area contributed by atoms with Gasteiger partial charge in [-0.3, -0.25) is 9.69 Å². The number of amides is 1. The van der Waals surface area contributed by atoms with Crippen molar-refractivity contribution in [3.8, 4) is 0 Å². The van der Waals surface area contributed by atoms with Crippen LogP contribution < -0.4 is 5.32 Å². The van der Waals surface area contributed by atoms with Gasteiger partial charge in [0.1, 0.15) is 18.3 Å². The number of carboxylic acid groups (broad SMARTS) is 1. The third-order valence-electron chi connectivity index (χ3n) is 3.00. The second kappa shape index (κ2) is 10.4. The largest absolute Gasteiger partial charge is 0.480 e. The van der Waals surface area contributed by atoms with E-state index in [0.717, 1.165) is 12.8 Å². The quantitative estimate of drug-likeness (QED) is 0.646. The molecule has 2 N–H and O–H groups in total. The number of carboxylic acids is 1. The summed E-state index contributed by atoms with van der Waals surface area (Å²) >= 11 is 0. The summed E-state index contributed by atoms with van der Waals surface area (Å²) in [7, 11) is 0. The van der Waals surface area contributed by atoms with E-state index in [0.29, 0.717) is 6.42 Å². The zero-order chi connectivity index (χ0) is 17.2. The molecule has 0 bridgehead atoms. The Morgan fingerprint density at radius 2 is 1.95 bits per heavy atom. The summed E-state index contributed by atoms with van der Waals surface area (Å²) in [6.45, 7) is 7.14. The number of carbonyl (C=O) groups excluding carboxylic acids is 1. The molecule has 0 rings (SSSR count). The molecule has 0 radical (unpaired) electrons. The normalized spacial score (nSPS) is 13.0. The van der Waals surface area contributed by atoms with Gasteiger partial charge in [-0.05, 0) is 27.2 Å². The summed E-state index contributed by atoms with van der Waals surface area (Å²) < 4.78 is 17.7. The van der Waals surface area contributed by atoms with Crippen molar-refractivity contribution in [3.63, 3.8) is 0 Å². The number of nitrogens with zero attached hydrogens (tertiary/aromatic N) is 1. The van der Waals surface area contributed by atoms with E-state index >= 15 is 0 Å². The summed E-state index contributed by atoms with van der Waals surface area (Å²) in [6.07, 6.45) is 1.55. The average molecular weight is 320 g/mol. The molecule has 1 unspecified atom stereocenters. The minimum Gasteiger partial charge on any atom is -0.480 e. The highest BCUT2D eigenvalue weighted by Gasteiger charge is 2.25. The first-order valence-electron chi connectivity index (χ1n) is 7.71. The maximum absolute atomic E-state index is 12.7. The van der Waals surface area contributed by atoms with Gasteiger partial charge >= 0.3 is 12.1 Å². The molecule has 0 saturated heterocycles. The van der Waals surface area contributed by atoms with Crippen molar-refractivity contribution < 1.29 is 23.8 Å². The summed E-state index contributed by atoms with van der Waals surface area (Å²) in [5, 5.41) is 11.8. The molecule has 0 aliphatic heterocycles. The van der Waals surface area contributed by atoms with E-state index in [1.165, 1.54) is 0 Å². The Morgan fingerprint density at radius 3 is 2.41 bits per heavy atom. The molecule has 130 valence electrons. The van der Waals surface area contributed by atoms with Gasteiger partial charge < -0.3 is 15.2 Å². The summed E-state index contributed by atoms with van der Waals surface area (Å²) in [5.74, 6) is -0.959. The maximum atomic E-state index is 12.7. The van der Waals surface area contributed by atoms with Gasteiger partial charge in [0.05, 0.1) is 0 Å². The van der Waals surface area contributed by atoms with E-state index < -0.39 is 30.4 Å². The van der Waals surface area contributed by atoms with Crippen molar-refractivity contribution in [3.05, 3.63) is 0 Å². The van der Waals surface area contributed by atoms with Crippen LogP contribution in [0.2, 0.25) is 0 Å². The number of unbranched alkanes of at least 4 members (excludes halogenated alkanes) is 1. The van der Waals surface area contributed by atoms with Crippen LogP contribution >= 0.6 is 0 Å². The molecule has 0 aliphatic carbocycles. The van der Waals surface area contributed by atoms with Crippen LogP contribution in [0.5, 0.6) is 0 Å². The smallest absolute Gasteiger partial charge is 0.407 e. The van der Waals surface area contributed by atoms with Crippen LogP contribution in [-0.4, -0.2) is 60.0 Å². The predicted molar refractivity (Wildman–Crippen MR) is 82.7 cm³/mol. The van der Waals surface area contributed by atoms with Crippen molar-refractivity contribution in [1.82, 2.24) is 10.2 Å². The highest BCUT2D eigenvalue weighted by molar-refractivity contribution is 5.73. The fourth-order valence-corrected chi connectivity index (χ4v) is 2.01. The number of ether oxygens (including phenoxy) is 1.